The van der Waals surface area contributed by atoms with Crippen molar-refractivity contribution in [3.8, 4) is 0 Å². The summed E-state index contributed by atoms with van der Waals surface area (Å²) in [4.78, 5) is 14.5. The van der Waals surface area contributed by atoms with Gasteiger partial charge in [0.2, 0.25) is 0 Å². The van der Waals surface area contributed by atoms with Gasteiger partial charge in [-0.3, -0.25) is 9.58 Å². The first kappa shape index (κ1) is 27.9. The standard InChI is InChI=1S/C37H36ClN3O2/c1-43-37(42)30-9-5-6-25(22-30)24-40-20-18-28(19-21-40)36-33-23-29(12-17-34(33)41(39-36)32-15-16-32)35(26-7-3-2-4-8-26)27-10-13-31(38)14-11-27/h2-14,17,22-23,28,32,35H,15-16,18-21,24H2,1H3. The second kappa shape index (κ2) is 12.0. The number of hydrogen-bond donors (Lipinski definition) is 0. The normalized spacial score (nSPS) is 16.8. The largest absolute Gasteiger partial charge is 0.465 e. The summed E-state index contributed by atoms with van der Waals surface area (Å²) < 4.78 is 7.22. The van der Waals surface area contributed by atoms with E-state index in [0.717, 1.165) is 43.1 Å². The van der Waals surface area contributed by atoms with E-state index in [-0.39, 0.29) is 11.9 Å². The van der Waals surface area contributed by atoms with Crippen molar-refractivity contribution in [2.75, 3.05) is 20.2 Å². The number of methoxy groups -OCH3 is 1. The highest BCUT2D eigenvalue weighted by Gasteiger charge is 2.31. The Morgan fingerprint density at radius 3 is 2.30 bits per heavy atom. The van der Waals surface area contributed by atoms with Crippen molar-refractivity contribution >= 4 is 28.5 Å². The molecule has 7 rings (SSSR count). The maximum absolute atomic E-state index is 12.0. The lowest BCUT2D eigenvalue weighted by atomic mass is 9.84. The second-order valence-electron chi connectivity index (χ2n) is 12.0. The zero-order chi connectivity index (χ0) is 29.3. The molecule has 4 aromatic carbocycles. The molecule has 0 amide bonds. The number of aromatic nitrogens is 2. The Morgan fingerprint density at radius 2 is 1.58 bits per heavy atom. The first-order valence-corrected chi connectivity index (χ1v) is 15.7. The molecule has 1 saturated heterocycles. The average Bonchev–Trinajstić information content (AvgIpc) is 3.83. The number of carbonyl (C=O) groups is 1. The highest BCUT2D eigenvalue weighted by atomic mass is 35.5. The minimum Gasteiger partial charge on any atom is -0.465 e. The molecule has 2 fully saturated rings. The summed E-state index contributed by atoms with van der Waals surface area (Å²) in [7, 11) is 1.43. The van der Waals surface area contributed by atoms with Gasteiger partial charge >= 0.3 is 5.97 Å². The minimum absolute atomic E-state index is 0.114. The van der Waals surface area contributed by atoms with E-state index in [1.165, 1.54) is 53.2 Å². The molecule has 1 aliphatic carbocycles. The fraction of sp³-hybridized carbons (Fsp3) is 0.297. The second-order valence-corrected chi connectivity index (χ2v) is 12.4. The molecule has 6 heteroatoms. The Kier molecular flexibility index (Phi) is 7.77. The van der Waals surface area contributed by atoms with Gasteiger partial charge in [0, 0.05) is 28.8 Å². The first-order chi connectivity index (χ1) is 21.1. The quantitative estimate of drug-likeness (QED) is 0.135. The highest BCUT2D eigenvalue weighted by Crippen LogP contribution is 2.42. The summed E-state index contributed by atoms with van der Waals surface area (Å²) in [6.07, 6.45) is 4.55. The number of nitrogens with zero attached hydrogens (tertiary/aromatic N) is 3. The number of piperidine rings is 1. The molecule has 1 aromatic heterocycles. The molecule has 1 atom stereocenters. The Morgan fingerprint density at radius 1 is 0.860 bits per heavy atom. The van der Waals surface area contributed by atoms with Crippen LogP contribution in [0.5, 0.6) is 0 Å². The Hall–Kier alpha value is -3.93. The van der Waals surface area contributed by atoms with Crippen LogP contribution in [-0.2, 0) is 11.3 Å². The van der Waals surface area contributed by atoms with E-state index in [1.807, 2.05) is 30.3 Å². The van der Waals surface area contributed by atoms with Crippen LogP contribution in [0.15, 0.2) is 97.1 Å². The van der Waals surface area contributed by atoms with Crippen LogP contribution in [-0.4, -0.2) is 40.8 Å². The van der Waals surface area contributed by atoms with Crippen LogP contribution >= 0.6 is 11.6 Å². The number of benzene rings is 4. The van der Waals surface area contributed by atoms with E-state index in [1.54, 1.807) is 0 Å². The number of likely N-dealkylation sites (tertiary alicyclic amines) is 1. The van der Waals surface area contributed by atoms with Crippen LogP contribution in [0.1, 0.15) is 81.9 Å². The molecule has 43 heavy (non-hydrogen) atoms. The van der Waals surface area contributed by atoms with Crippen molar-refractivity contribution in [3.05, 3.63) is 136 Å². The van der Waals surface area contributed by atoms with E-state index in [9.17, 15) is 4.79 Å². The number of fused-ring (bicyclic) bond motifs is 1. The Balaban J connectivity index is 1.18. The van der Waals surface area contributed by atoms with E-state index in [0.29, 0.717) is 17.5 Å². The molecule has 0 spiro atoms. The number of halogens is 1. The molecule has 0 radical (unpaired) electrons. The molecule has 0 bridgehead atoms. The van der Waals surface area contributed by atoms with Crippen molar-refractivity contribution < 1.29 is 9.53 Å². The first-order valence-electron chi connectivity index (χ1n) is 15.3. The number of rotatable bonds is 8. The topological polar surface area (TPSA) is 47.4 Å². The molecule has 1 unspecified atom stereocenters. The fourth-order valence-corrected chi connectivity index (χ4v) is 6.80. The predicted octanol–water partition coefficient (Wildman–Crippen LogP) is 8.37. The summed E-state index contributed by atoms with van der Waals surface area (Å²) in [5, 5.41) is 7.36. The maximum atomic E-state index is 12.0. The van der Waals surface area contributed by atoms with E-state index in [4.69, 9.17) is 21.4 Å². The average molecular weight is 590 g/mol. The van der Waals surface area contributed by atoms with Gasteiger partial charge in [-0.25, -0.2) is 4.79 Å². The fourth-order valence-electron chi connectivity index (χ4n) is 6.68. The van der Waals surface area contributed by atoms with Crippen LogP contribution in [0.25, 0.3) is 10.9 Å². The third kappa shape index (κ3) is 5.84. The van der Waals surface area contributed by atoms with Gasteiger partial charge in [0.15, 0.2) is 0 Å². The molecule has 5 nitrogen and oxygen atoms in total. The predicted molar refractivity (Wildman–Crippen MR) is 172 cm³/mol. The molecular formula is C37H36ClN3O2. The maximum Gasteiger partial charge on any atom is 0.337 e. The summed E-state index contributed by atoms with van der Waals surface area (Å²) >= 11 is 6.28. The number of carbonyl (C=O) groups excluding carboxylic acids is 1. The SMILES string of the molecule is COC(=O)c1cccc(CN2CCC(c3nn(C4CC4)c4ccc(C(c5ccccc5)c5ccc(Cl)cc5)cc34)CC2)c1. The van der Waals surface area contributed by atoms with E-state index < -0.39 is 0 Å². The van der Waals surface area contributed by atoms with Crippen molar-refractivity contribution in [1.82, 2.24) is 14.7 Å². The van der Waals surface area contributed by atoms with Crippen molar-refractivity contribution in [1.29, 1.82) is 0 Å². The zero-order valence-corrected chi connectivity index (χ0v) is 25.2. The van der Waals surface area contributed by atoms with Gasteiger partial charge in [0.05, 0.1) is 29.9 Å². The van der Waals surface area contributed by atoms with Gasteiger partial charge in [-0.15, -0.1) is 0 Å². The van der Waals surface area contributed by atoms with Crippen LogP contribution in [0.3, 0.4) is 0 Å². The van der Waals surface area contributed by atoms with Crippen molar-refractivity contribution in [2.45, 2.75) is 50.1 Å². The van der Waals surface area contributed by atoms with E-state index in [2.05, 4.69) is 76.3 Å². The van der Waals surface area contributed by atoms with Gasteiger partial charge in [0.25, 0.3) is 0 Å². The molecule has 2 aliphatic rings. The van der Waals surface area contributed by atoms with Crippen molar-refractivity contribution in [2.24, 2.45) is 0 Å². The summed E-state index contributed by atoms with van der Waals surface area (Å²) in [6, 6.07) is 34.3. The van der Waals surface area contributed by atoms with Gasteiger partial charge in [-0.2, -0.15) is 5.10 Å². The van der Waals surface area contributed by atoms with Crippen LogP contribution in [0.4, 0.5) is 0 Å². The third-order valence-corrected chi connectivity index (χ3v) is 9.30. The van der Waals surface area contributed by atoms with E-state index >= 15 is 0 Å². The van der Waals surface area contributed by atoms with Crippen LogP contribution < -0.4 is 0 Å². The molecule has 2 heterocycles. The molecule has 5 aromatic rings. The Bertz CT molecular complexity index is 1740. The smallest absolute Gasteiger partial charge is 0.337 e. The van der Waals surface area contributed by atoms with Crippen LogP contribution in [0.2, 0.25) is 5.02 Å². The molecular weight excluding hydrogens is 554 g/mol. The van der Waals surface area contributed by atoms with Crippen LogP contribution in [0, 0.1) is 0 Å². The summed E-state index contributed by atoms with van der Waals surface area (Å²) in [5.74, 6) is 0.243. The van der Waals surface area contributed by atoms with Gasteiger partial charge in [-0.05, 0) is 97.4 Å². The third-order valence-electron chi connectivity index (χ3n) is 9.05. The van der Waals surface area contributed by atoms with Gasteiger partial charge in [0.1, 0.15) is 0 Å². The van der Waals surface area contributed by atoms with Gasteiger partial charge in [-0.1, -0.05) is 72.3 Å². The number of hydrogen-bond acceptors (Lipinski definition) is 4. The molecule has 218 valence electrons. The zero-order valence-electron chi connectivity index (χ0n) is 24.5. The minimum atomic E-state index is -0.288. The Labute approximate surface area is 258 Å². The molecule has 1 aliphatic heterocycles. The number of ether oxygens (including phenoxy) is 1. The van der Waals surface area contributed by atoms with Gasteiger partial charge < -0.3 is 4.74 Å². The number of esters is 1. The summed E-state index contributed by atoms with van der Waals surface area (Å²) in [5.41, 5.74) is 8.03. The lowest BCUT2D eigenvalue weighted by Crippen LogP contribution is -2.32. The van der Waals surface area contributed by atoms with Crippen molar-refractivity contribution in [3.63, 3.8) is 0 Å². The lowest BCUT2D eigenvalue weighted by molar-refractivity contribution is 0.0600. The monoisotopic (exact) mass is 589 g/mol. The highest BCUT2D eigenvalue weighted by molar-refractivity contribution is 6.30. The lowest BCUT2D eigenvalue weighted by Gasteiger charge is -2.31. The molecule has 0 N–H and O–H groups in total. The molecule has 1 saturated carbocycles. The summed E-state index contributed by atoms with van der Waals surface area (Å²) in [6.45, 7) is 2.84.